The number of halogens is 1. The first-order chi connectivity index (χ1) is 9.99. The van der Waals surface area contributed by atoms with Crippen molar-refractivity contribution in [3.63, 3.8) is 0 Å². The lowest BCUT2D eigenvalue weighted by atomic mass is 10.2. The van der Waals surface area contributed by atoms with Crippen LogP contribution in [0.5, 0.6) is 0 Å². The molecule has 0 radical (unpaired) electrons. The van der Waals surface area contributed by atoms with Crippen LogP contribution >= 0.6 is 15.9 Å². The Balaban J connectivity index is 1.87. The molecule has 0 N–H and O–H groups in total. The third-order valence-electron chi connectivity index (χ3n) is 3.50. The van der Waals surface area contributed by atoms with E-state index in [1.165, 1.54) is 4.90 Å². The summed E-state index contributed by atoms with van der Waals surface area (Å²) in [7, 11) is 1.72. The maximum atomic E-state index is 12.1. The van der Waals surface area contributed by atoms with Gasteiger partial charge in [-0.1, -0.05) is 34.1 Å². The monoisotopic (exact) mass is 352 g/mol. The zero-order valence-corrected chi connectivity index (χ0v) is 13.4. The Kier molecular flexibility index (Phi) is 5.12. The highest BCUT2D eigenvalue weighted by Crippen LogP contribution is 2.18. The molecule has 1 aliphatic heterocycles. The smallest absolute Gasteiger partial charge is 0.229 e. The average Bonchev–Trinajstić information content (AvgIpc) is 2.78. The Hall–Kier alpha value is -1.69. The molecule has 21 heavy (non-hydrogen) atoms. The molecule has 1 fully saturated rings. The Morgan fingerprint density at radius 2 is 1.86 bits per heavy atom. The topological polar surface area (TPSA) is 57.7 Å². The van der Waals surface area contributed by atoms with Crippen molar-refractivity contribution in [3.8, 4) is 0 Å². The summed E-state index contributed by atoms with van der Waals surface area (Å²) in [6, 6.07) is 7.70. The molecule has 0 unspecified atom stereocenters. The molecule has 0 atom stereocenters. The van der Waals surface area contributed by atoms with E-state index in [9.17, 15) is 14.4 Å². The van der Waals surface area contributed by atoms with Crippen molar-refractivity contribution < 1.29 is 14.4 Å². The highest BCUT2D eigenvalue weighted by Gasteiger charge is 2.29. The fourth-order valence-corrected chi connectivity index (χ4v) is 2.65. The lowest BCUT2D eigenvalue weighted by molar-refractivity contribution is -0.139. The Morgan fingerprint density at radius 3 is 2.48 bits per heavy atom. The summed E-state index contributed by atoms with van der Waals surface area (Å²) in [5.74, 6) is -0.444. The van der Waals surface area contributed by atoms with Gasteiger partial charge in [0, 0.05) is 43.9 Å². The van der Waals surface area contributed by atoms with Gasteiger partial charge in [-0.3, -0.25) is 19.3 Å². The summed E-state index contributed by atoms with van der Waals surface area (Å²) in [5.41, 5.74) is 1.02. The van der Waals surface area contributed by atoms with Crippen molar-refractivity contribution in [2.75, 3.05) is 13.6 Å². The molecule has 0 spiro atoms. The third-order valence-corrected chi connectivity index (χ3v) is 4.27. The standard InChI is InChI=1S/C15H17BrN2O3/c1-17(10-11-4-2-3-5-12(11)16)13(19)8-9-18-14(20)6-7-15(18)21/h2-5H,6-10H2,1H3. The largest absolute Gasteiger partial charge is 0.341 e. The number of imide groups is 1. The van der Waals surface area contributed by atoms with Gasteiger partial charge >= 0.3 is 0 Å². The number of hydrogen-bond donors (Lipinski definition) is 0. The summed E-state index contributed by atoms with van der Waals surface area (Å²) in [6.45, 7) is 0.666. The van der Waals surface area contributed by atoms with E-state index in [0.717, 1.165) is 10.0 Å². The number of hydrogen-bond acceptors (Lipinski definition) is 3. The van der Waals surface area contributed by atoms with Gasteiger partial charge in [0.05, 0.1) is 0 Å². The predicted octanol–water partition coefficient (Wildman–Crippen LogP) is 1.95. The van der Waals surface area contributed by atoms with E-state index >= 15 is 0 Å². The first kappa shape index (κ1) is 15.7. The molecule has 0 aliphatic carbocycles. The number of benzene rings is 1. The Bertz CT molecular complexity index is 558. The van der Waals surface area contributed by atoms with Crippen molar-refractivity contribution >= 4 is 33.7 Å². The number of carbonyl (C=O) groups is 3. The molecule has 1 aliphatic rings. The molecular weight excluding hydrogens is 336 g/mol. The van der Waals surface area contributed by atoms with Gasteiger partial charge in [-0.05, 0) is 11.6 Å². The SMILES string of the molecule is CN(Cc1ccccc1Br)C(=O)CCN1C(=O)CCC1=O. The number of nitrogens with zero attached hydrogens (tertiary/aromatic N) is 2. The highest BCUT2D eigenvalue weighted by atomic mass is 79.9. The van der Waals surface area contributed by atoms with E-state index < -0.39 is 0 Å². The zero-order valence-electron chi connectivity index (χ0n) is 11.8. The van der Waals surface area contributed by atoms with Crippen LogP contribution in [0.1, 0.15) is 24.8 Å². The summed E-state index contributed by atoms with van der Waals surface area (Å²) >= 11 is 3.45. The minimum Gasteiger partial charge on any atom is -0.341 e. The van der Waals surface area contributed by atoms with E-state index in [1.54, 1.807) is 11.9 Å². The second kappa shape index (κ2) is 6.85. The van der Waals surface area contributed by atoms with Gasteiger partial charge < -0.3 is 4.90 Å². The Labute approximate surface area is 132 Å². The van der Waals surface area contributed by atoms with Crippen LogP contribution < -0.4 is 0 Å². The van der Waals surface area contributed by atoms with Crippen LogP contribution in [-0.4, -0.2) is 41.1 Å². The quantitative estimate of drug-likeness (QED) is 0.761. The summed E-state index contributed by atoms with van der Waals surface area (Å²) in [6.07, 6.45) is 0.693. The highest BCUT2D eigenvalue weighted by molar-refractivity contribution is 9.10. The summed E-state index contributed by atoms with van der Waals surface area (Å²) in [5, 5.41) is 0. The maximum Gasteiger partial charge on any atom is 0.229 e. The summed E-state index contributed by atoms with van der Waals surface area (Å²) < 4.78 is 0.953. The molecule has 6 heteroatoms. The lowest BCUT2D eigenvalue weighted by Crippen LogP contribution is -2.34. The molecule has 0 saturated carbocycles. The average molecular weight is 353 g/mol. The number of amides is 3. The zero-order chi connectivity index (χ0) is 15.4. The molecule has 0 aromatic heterocycles. The van der Waals surface area contributed by atoms with Gasteiger partial charge in [0.25, 0.3) is 0 Å². The van der Waals surface area contributed by atoms with Gasteiger partial charge in [-0.2, -0.15) is 0 Å². The number of carbonyl (C=O) groups excluding carboxylic acids is 3. The van der Waals surface area contributed by atoms with E-state index in [4.69, 9.17) is 0 Å². The predicted molar refractivity (Wildman–Crippen MR) is 81.2 cm³/mol. The summed E-state index contributed by atoms with van der Waals surface area (Å²) in [4.78, 5) is 37.8. The van der Waals surface area contributed by atoms with Crippen LogP contribution in [0.3, 0.4) is 0 Å². The molecule has 5 nitrogen and oxygen atoms in total. The molecule has 0 bridgehead atoms. The molecule has 1 heterocycles. The third kappa shape index (κ3) is 3.91. The fraction of sp³-hybridized carbons (Fsp3) is 0.400. The number of likely N-dealkylation sites (tertiary alicyclic amines) is 1. The van der Waals surface area contributed by atoms with Gasteiger partial charge in [0.1, 0.15) is 0 Å². The van der Waals surface area contributed by atoms with Gasteiger partial charge in [0.15, 0.2) is 0 Å². The van der Waals surface area contributed by atoms with Crippen LogP contribution in [0, 0.1) is 0 Å². The molecule has 112 valence electrons. The minimum atomic E-state index is -0.179. The van der Waals surface area contributed by atoms with Crippen molar-refractivity contribution in [2.24, 2.45) is 0 Å². The van der Waals surface area contributed by atoms with Gasteiger partial charge in [-0.25, -0.2) is 0 Å². The molecular formula is C15H17BrN2O3. The van der Waals surface area contributed by atoms with Crippen molar-refractivity contribution in [2.45, 2.75) is 25.8 Å². The second-order valence-corrected chi connectivity index (χ2v) is 5.88. The Morgan fingerprint density at radius 1 is 1.24 bits per heavy atom. The fourth-order valence-electron chi connectivity index (χ4n) is 2.24. The molecule has 2 rings (SSSR count). The molecule has 1 aromatic carbocycles. The lowest BCUT2D eigenvalue weighted by Gasteiger charge is -2.20. The van der Waals surface area contributed by atoms with E-state index in [1.807, 2.05) is 24.3 Å². The van der Waals surface area contributed by atoms with E-state index in [2.05, 4.69) is 15.9 Å². The van der Waals surface area contributed by atoms with Crippen LogP contribution in [-0.2, 0) is 20.9 Å². The van der Waals surface area contributed by atoms with Crippen LogP contribution in [0.4, 0.5) is 0 Å². The normalized spacial score (nSPS) is 14.7. The van der Waals surface area contributed by atoms with Crippen LogP contribution in [0.15, 0.2) is 28.7 Å². The van der Waals surface area contributed by atoms with Gasteiger partial charge in [-0.15, -0.1) is 0 Å². The minimum absolute atomic E-state index is 0.0850. The van der Waals surface area contributed by atoms with Crippen molar-refractivity contribution in [1.29, 1.82) is 0 Å². The van der Waals surface area contributed by atoms with E-state index in [0.29, 0.717) is 6.54 Å². The van der Waals surface area contributed by atoms with Crippen LogP contribution in [0.2, 0.25) is 0 Å². The number of rotatable bonds is 5. The van der Waals surface area contributed by atoms with Crippen molar-refractivity contribution in [1.82, 2.24) is 9.80 Å². The van der Waals surface area contributed by atoms with Gasteiger partial charge in [0.2, 0.25) is 17.7 Å². The molecule has 3 amide bonds. The first-order valence-corrected chi connectivity index (χ1v) is 7.59. The maximum absolute atomic E-state index is 12.1. The van der Waals surface area contributed by atoms with Crippen molar-refractivity contribution in [3.05, 3.63) is 34.3 Å². The molecule has 1 aromatic rings. The van der Waals surface area contributed by atoms with Crippen LogP contribution in [0.25, 0.3) is 0 Å². The second-order valence-electron chi connectivity index (χ2n) is 5.03. The van der Waals surface area contributed by atoms with E-state index in [-0.39, 0.29) is 43.5 Å². The molecule has 1 saturated heterocycles. The first-order valence-electron chi connectivity index (χ1n) is 6.79.